The average Bonchev–Trinajstić information content (AvgIpc) is 2.49. The molecule has 0 spiro atoms. The van der Waals surface area contributed by atoms with E-state index >= 15 is 0 Å². The first-order valence-electron chi connectivity index (χ1n) is 6.76. The summed E-state index contributed by atoms with van der Waals surface area (Å²) in [5, 5.41) is 0. The first kappa shape index (κ1) is 15.9. The fourth-order valence-corrected chi connectivity index (χ4v) is 3.61. The fourth-order valence-electron chi connectivity index (χ4n) is 2.05. The third kappa shape index (κ3) is 5.51. The van der Waals surface area contributed by atoms with E-state index in [9.17, 15) is 0 Å². The van der Waals surface area contributed by atoms with Crippen molar-refractivity contribution in [3.05, 3.63) is 64.6 Å². The molecule has 0 bridgehead atoms. The maximum Gasteiger partial charge on any atom is 0.0255 e. The number of alkyl halides is 1. The molecule has 2 rings (SSSR count). The molecule has 1 atom stereocenters. The van der Waals surface area contributed by atoms with Crippen molar-refractivity contribution in [2.45, 2.75) is 17.7 Å². The van der Waals surface area contributed by atoms with Crippen LogP contribution in [0.4, 0.5) is 0 Å². The van der Waals surface area contributed by atoms with E-state index in [0.717, 1.165) is 28.9 Å². The molecule has 0 N–H and O–H groups in total. The normalized spacial score (nSPS) is 12.3. The van der Waals surface area contributed by atoms with Crippen molar-refractivity contribution in [3.8, 4) is 0 Å². The molecule has 1 unspecified atom stereocenters. The van der Waals surface area contributed by atoms with Crippen molar-refractivity contribution in [2.24, 2.45) is 5.92 Å². The molecule has 0 saturated carbocycles. The Morgan fingerprint density at radius 1 is 1.00 bits per heavy atom. The van der Waals surface area contributed by atoms with Crippen molar-refractivity contribution in [3.63, 3.8) is 0 Å². The lowest BCUT2D eigenvalue weighted by Gasteiger charge is -2.13. The molecule has 0 saturated heterocycles. The summed E-state index contributed by atoms with van der Waals surface area (Å²) in [5.74, 6) is 2.40. The zero-order valence-electron chi connectivity index (χ0n) is 11.3. The van der Waals surface area contributed by atoms with E-state index in [1.165, 1.54) is 10.5 Å². The van der Waals surface area contributed by atoms with Crippen molar-refractivity contribution in [2.75, 3.05) is 11.6 Å². The van der Waals surface area contributed by atoms with Crippen molar-refractivity contribution < 1.29 is 0 Å². The van der Waals surface area contributed by atoms with Crippen molar-refractivity contribution >= 4 is 39.3 Å². The second-order valence-electron chi connectivity index (χ2n) is 4.80. The maximum atomic E-state index is 6.11. The smallest absolute Gasteiger partial charge is 0.0255 e. The lowest BCUT2D eigenvalue weighted by atomic mass is 9.99. The largest absolute Gasteiger partial charge is 0.126 e. The summed E-state index contributed by atoms with van der Waals surface area (Å²) in [7, 11) is 0. The quantitative estimate of drug-likeness (QED) is 0.424. The molecule has 0 aliphatic heterocycles. The van der Waals surface area contributed by atoms with Gasteiger partial charge in [-0.25, -0.2) is 0 Å². The Morgan fingerprint density at radius 2 is 1.70 bits per heavy atom. The highest BCUT2D eigenvalue weighted by Gasteiger charge is 2.09. The van der Waals surface area contributed by atoms with Crippen LogP contribution in [0.3, 0.4) is 0 Å². The molecule has 0 aromatic heterocycles. The summed E-state index contributed by atoms with van der Waals surface area (Å²) in [6.07, 6.45) is 2.21. The van der Waals surface area contributed by atoms with Crippen LogP contribution in [0.25, 0.3) is 0 Å². The number of halogens is 2. The van der Waals surface area contributed by atoms with Crippen LogP contribution < -0.4 is 0 Å². The molecular weight excluding hydrogens is 352 g/mol. The molecule has 2 aromatic rings. The average molecular weight is 370 g/mol. The maximum absolute atomic E-state index is 6.11. The van der Waals surface area contributed by atoms with Gasteiger partial charge in [0, 0.05) is 15.2 Å². The highest BCUT2D eigenvalue weighted by molar-refractivity contribution is 9.10. The summed E-state index contributed by atoms with van der Waals surface area (Å²) < 4.78 is 1.13. The molecule has 0 fully saturated rings. The van der Waals surface area contributed by atoms with Gasteiger partial charge in [-0.2, -0.15) is 0 Å². The van der Waals surface area contributed by atoms with Crippen LogP contribution in [0.15, 0.2) is 64.0 Å². The first-order valence-corrected chi connectivity index (χ1v) is 9.07. The van der Waals surface area contributed by atoms with Crippen LogP contribution in [0, 0.1) is 5.92 Å². The zero-order chi connectivity index (χ0) is 14.2. The molecule has 0 amide bonds. The van der Waals surface area contributed by atoms with Crippen LogP contribution in [0.5, 0.6) is 0 Å². The van der Waals surface area contributed by atoms with E-state index in [0.29, 0.717) is 5.92 Å². The van der Waals surface area contributed by atoms with Gasteiger partial charge in [0.1, 0.15) is 0 Å². The minimum atomic E-state index is 0.550. The molecule has 2 aromatic carbocycles. The third-order valence-electron chi connectivity index (χ3n) is 3.19. The summed E-state index contributed by atoms with van der Waals surface area (Å²) in [4.78, 5) is 1.34. The number of hydrogen-bond acceptors (Lipinski definition) is 1. The molecule has 0 radical (unpaired) electrons. The Kier molecular flexibility index (Phi) is 6.98. The molecule has 0 heterocycles. The molecule has 0 aliphatic carbocycles. The van der Waals surface area contributed by atoms with E-state index in [-0.39, 0.29) is 0 Å². The predicted octanol–water partition coefficient (Wildman–Crippen LogP) is 6.03. The van der Waals surface area contributed by atoms with E-state index in [1.54, 1.807) is 0 Å². The van der Waals surface area contributed by atoms with Gasteiger partial charge in [-0.15, -0.1) is 23.4 Å². The van der Waals surface area contributed by atoms with Crippen LogP contribution >= 0.6 is 39.3 Å². The topological polar surface area (TPSA) is 0 Å². The fraction of sp³-hybridized carbons (Fsp3) is 0.294. The molecule has 106 valence electrons. The summed E-state index contributed by atoms with van der Waals surface area (Å²) in [6.45, 7) is 0. The SMILES string of the molecule is ClCC(CCSc1ccccc1)Cc1ccc(Br)cc1. The van der Waals surface area contributed by atoms with Crippen molar-refractivity contribution in [1.29, 1.82) is 0 Å². The van der Waals surface area contributed by atoms with E-state index in [2.05, 4.69) is 70.5 Å². The Balaban J connectivity index is 1.79. The molecular formula is C17H18BrClS. The van der Waals surface area contributed by atoms with Gasteiger partial charge >= 0.3 is 0 Å². The zero-order valence-corrected chi connectivity index (χ0v) is 14.4. The molecule has 20 heavy (non-hydrogen) atoms. The third-order valence-corrected chi connectivity index (χ3v) is 5.20. The minimum absolute atomic E-state index is 0.550. The summed E-state index contributed by atoms with van der Waals surface area (Å²) in [5.41, 5.74) is 1.36. The Bertz CT molecular complexity index is 498. The number of thioether (sulfide) groups is 1. The summed E-state index contributed by atoms with van der Waals surface area (Å²) in [6, 6.07) is 19.1. The van der Waals surface area contributed by atoms with Crippen molar-refractivity contribution in [1.82, 2.24) is 0 Å². The predicted molar refractivity (Wildman–Crippen MR) is 93.8 cm³/mol. The van der Waals surface area contributed by atoms with Crippen LogP contribution in [0.1, 0.15) is 12.0 Å². The van der Waals surface area contributed by atoms with Gasteiger partial charge in [-0.05, 0) is 54.3 Å². The van der Waals surface area contributed by atoms with Crippen LogP contribution in [-0.2, 0) is 6.42 Å². The van der Waals surface area contributed by atoms with E-state index < -0.39 is 0 Å². The van der Waals surface area contributed by atoms with Gasteiger partial charge in [0.15, 0.2) is 0 Å². The lowest BCUT2D eigenvalue weighted by molar-refractivity contribution is 0.571. The second kappa shape index (κ2) is 8.76. The van der Waals surface area contributed by atoms with Gasteiger partial charge in [0.2, 0.25) is 0 Å². The minimum Gasteiger partial charge on any atom is -0.126 e. The van der Waals surface area contributed by atoms with Crippen LogP contribution in [-0.4, -0.2) is 11.6 Å². The lowest BCUT2D eigenvalue weighted by Crippen LogP contribution is -2.07. The van der Waals surface area contributed by atoms with Gasteiger partial charge in [0.25, 0.3) is 0 Å². The van der Waals surface area contributed by atoms with E-state index in [1.807, 2.05) is 11.8 Å². The van der Waals surface area contributed by atoms with Gasteiger partial charge in [0.05, 0.1) is 0 Å². The molecule has 0 nitrogen and oxygen atoms in total. The highest BCUT2D eigenvalue weighted by atomic mass is 79.9. The first-order chi connectivity index (χ1) is 9.78. The molecule has 3 heteroatoms. The monoisotopic (exact) mass is 368 g/mol. The molecule has 0 aliphatic rings. The Morgan fingerprint density at radius 3 is 2.35 bits per heavy atom. The number of benzene rings is 2. The van der Waals surface area contributed by atoms with Gasteiger partial charge in [-0.3, -0.25) is 0 Å². The summed E-state index contributed by atoms with van der Waals surface area (Å²) >= 11 is 11.5. The Hall–Kier alpha value is -0.440. The van der Waals surface area contributed by atoms with Gasteiger partial charge in [-0.1, -0.05) is 46.3 Å². The standard InChI is InChI=1S/C17H18BrClS/c18-16-8-6-14(7-9-16)12-15(13-19)10-11-20-17-4-2-1-3-5-17/h1-9,15H,10-13H2. The Labute approximate surface area is 139 Å². The highest BCUT2D eigenvalue weighted by Crippen LogP contribution is 2.23. The van der Waals surface area contributed by atoms with E-state index in [4.69, 9.17) is 11.6 Å². The number of rotatable bonds is 7. The second-order valence-corrected chi connectivity index (χ2v) is 7.19. The van der Waals surface area contributed by atoms with Crippen LogP contribution in [0.2, 0.25) is 0 Å². The van der Waals surface area contributed by atoms with Gasteiger partial charge < -0.3 is 0 Å². The number of hydrogen-bond donors (Lipinski definition) is 0.